The Balaban J connectivity index is 1.44. The van der Waals surface area contributed by atoms with Crippen LogP contribution in [0.3, 0.4) is 0 Å². The third-order valence-electron chi connectivity index (χ3n) is 4.85. The first-order valence-corrected chi connectivity index (χ1v) is 9.50. The number of rotatable bonds is 6. The summed E-state index contributed by atoms with van der Waals surface area (Å²) in [6.07, 6.45) is 8.18. The number of carbonyl (C=O) groups excluding carboxylic acids is 1. The van der Waals surface area contributed by atoms with Crippen molar-refractivity contribution in [1.82, 2.24) is 24.8 Å². The largest absolute Gasteiger partial charge is 0.334 e. The van der Waals surface area contributed by atoms with E-state index in [4.69, 9.17) is 0 Å². The van der Waals surface area contributed by atoms with Gasteiger partial charge in [-0.05, 0) is 37.0 Å². The molecular weight excluding hydrogens is 352 g/mol. The van der Waals surface area contributed by atoms with Crippen molar-refractivity contribution in [3.8, 4) is 0 Å². The highest BCUT2D eigenvalue weighted by molar-refractivity contribution is 5.77. The van der Waals surface area contributed by atoms with E-state index in [1.807, 2.05) is 29.2 Å². The second kappa shape index (κ2) is 8.56. The summed E-state index contributed by atoms with van der Waals surface area (Å²) in [5, 5.41) is 3.01. The van der Waals surface area contributed by atoms with Gasteiger partial charge in [-0.25, -0.2) is 19.9 Å². The van der Waals surface area contributed by atoms with Crippen molar-refractivity contribution >= 4 is 17.8 Å². The Hall–Kier alpha value is -3.35. The Morgan fingerprint density at radius 3 is 2.61 bits per heavy atom. The van der Waals surface area contributed by atoms with Gasteiger partial charge in [0.25, 0.3) is 0 Å². The lowest BCUT2D eigenvalue weighted by Gasteiger charge is -2.24. The predicted molar refractivity (Wildman–Crippen MR) is 106 cm³/mol. The maximum atomic E-state index is 12.8. The predicted octanol–water partition coefficient (Wildman–Crippen LogP) is 3.31. The second-order valence-corrected chi connectivity index (χ2v) is 6.73. The van der Waals surface area contributed by atoms with Crippen LogP contribution in [0.4, 0.5) is 11.9 Å². The van der Waals surface area contributed by atoms with Crippen molar-refractivity contribution in [1.29, 1.82) is 0 Å². The van der Waals surface area contributed by atoms with Crippen LogP contribution in [0, 0.1) is 0 Å². The van der Waals surface area contributed by atoms with Crippen molar-refractivity contribution in [3.05, 3.63) is 72.3 Å². The zero-order valence-corrected chi connectivity index (χ0v) is 15.5. The smallest absolute Gasteiger partial charge is 0.229 e. The van der Waals surface area contributed by atoms with Crippen LogP contribution < -0.4 is 5.32 Å². The molecule has 3 aromatic rings. The van der Waals surface area contributed by atoms with Gasteiger partial charge in [0.2, 0.25) is 17.8 Å². The molecule has 1 fully saturated rings. The van der Waals surface area contributed by atoms with Crippen LogP contribution in [0.25, 0.3) is 0 Å². The van der Waals surface area contributed by atoms with Crippen molar-refractivity contribution < 1.29 is 4.79 Å². The molecule has 142 valence electrons. The SMILES string of the molecule is O=C(CCc1ccccc1)N1CCC[C@H]1c1ccnc(Nc2ncccn2)n1. The van der Waals surface area contributed by atoms with E-state index in [1.165, 1.54) is 5.56 Å². The fraction of sp³-hybridized carbons (Fsp3) is 0.286. The van der Waals surface area contributed by atoms with Gasteiger partial charge < -0.3 is 4.90 Å². The summed E-state index contributed by atoms with van der Waals surface area (Å²) < 4.78 is 0. The highest BCUT2D eigenvalue weighted by atomic mass is 16.2. The first kappa shape index (κ1) is 18.0. The van der Waals surface area contributed by atoms with Crippen LogP contribution >= 0.6 is 0 Å². The minimum atomic E-state index is -0.0106. The van der Waals surface area contributed by atoms with Gasteiger partial charge in [0.05, 0.1) is 11.7 Å². The van der Waals surface area contributed by atoms with E-state index in [-0.39, 0.29) is 11.9 Å². The molecule has 0 saturated carbocycles. The van der Waals surface area contributed by atoms with Crippen LogP contribution in [-0.4, -0.2) is 37.3 Å². The molecule has 0 radical (unpaired) electrons. The number of hydrogen-bond acceptors (Lipinski definition) is 6. The van der Waals surface area contributed by atoms with Crippen molar-refractivity contribution in [2.24, 2.45) is 0 Å². The van der Waals surface area contributed by atoms with Gasteiger partial charge in [0.1, 0.15) is 0 Å². The molecule has 4 rings (SSSR count). The number of nitrogens with zero attached hydrogens (tertiary/aromatic N) is 5. The first-order valence-electron chi connectivity index (χ1n) is 9.50. The molecule has 7 heteroatoms. The molecule has 1 N–H and O–H groups in total. The molecular formula is C21H22N6O. The maximum Gasteiger partial charge on any atom is 0.229 e. The van der Waals surface area contributed by atoms with Gasteiger partial charge in [-0.2, -0.15) is 0 Å². The fourth-order valence-corrected chi connectivity index (χ4v) is 3.49. The van der Waals surface area contributed by atoms with Crippen LogP contribution in [0.15, 0.2) is 61.1 Å². The number of amides is 1. The minimum Gasteiger partial charge on any atom is -0.334 e. The summed E-state index contributed by atoms with van der Waals surface area (Å²) in [7, 11) is 0. The van der Waals surface area contributed by atoms with Crippen LogP contribution in [-0.2, 0) is 11.2 Å². The molecule has 1 saturated heterocycles. The third-order valence-corrected chi connectivity index (χ3v) is 4.85. The van der Waals surface area contributed by atoms with E-state index in [1.54, 1.807) is 24.7 Å². The number of aryl methyl sites for hydroxylation is 1. The van der Waals surface area contributed by atoms with E-state index in [9.17, 15) is 4.79 Å². The van der Waals surface area contributed by atoms with Crippen molar-refractivity contribution in [3.63, 3.8) is 0 Å². The summed E-state index contributed by atoms with van der Waals surface area (Å²) in [5.74, 6) is 1.06. The van der Waals surface area contributed by atoms with Gasteiger partial charge >= 0.3 is 0 Å². The summed E-state index contributed by atoms with van der Waals surface area (Å²) in [5.41, 5.74) is 2.03. The van der Waals surface area contributed by atoms with Crippen LogP contribution in [0.5, 0.6) is 0 Å². The molecule has 0 aliphatic carbocycles. The molecule has 1 atom stereocenters. The number of likely N-dealkylation sites (tertiary alicyclic amines) is 1. The molecule has 7 nitrogen and oxygen atoms in total. The summed E-state index contributed by atoms with van der Waals surface area (Å²) in [6, 6.07) is 13.7. The molecule has 0 unspecified atom stereocenters. The number of benzene rings is 1. The number of hydrogen-bond donors (Lipinski definition) is 1. The second-order valence-electron chi connectivity index (χ2n) is 6.73. The van der Waals surface area contributed by atoms with Crippen molar-refractivity contribution in [2.45, 2.75) is 31.7 Å². The summed E-state index contributed by atoms with van der Waals surface area (Å²) in [4.78, 5) is 31.9. The van der Waals surface area contributed by atoms with Gasteiger partial charge in [0, 0.05) is 31.6 Å². The van der Waals surface area contributed by atoms with Gasteiger partial charge in [-0.3, -0.25) is 10.1 Å². The average Bonchev–Trinajstić information content (AvgIpc) is 3.24. The molecule has 0 bridgehead atoms. The lowest BCUT2D eigenvalue weighted by atomic mass is 10.1. The number of aromatic nitrogens is 4. The highest BCUT2D eigenvalue weighted by Gasteiger charge is 2.30. The van der Waals surface area contributed by atoms with E-state index < -0.39 is 0 Å². The number of anilines is 2. The van der Waals surface area contributed by atoms with Gasteiger partial charge in [-0.15, -0.1) is 0 Å². The van der Waals surface area contributed by atoms with E-state index >= 15 is 0 Å². The zero-order chi connectivity index (χ0) is 19.2. The molecule has 0 spiro atoms. The lowest BCUT2D eigenvalue weighted by molar-refractivity contribution is -0.132. The van der Waals surface area contributed by atoms with E-state index in [0.717, 1.165) is 31.5 Å². The van der Waals surface area contributed by atoms with Gasteiger partial charge in [-0.1, -0.05) is 30.3 Å². The molecule has 1 aliphatic heterocycles. The standard InChI is InChI=1S/C21H22N6O/c28-19(10-9-16-6-2-1-3-7-16)27-15-4-8-18(27)17-11-14-24-21(25-17)26-20-22-12-5-13-23-20/h1-3,5-7,11-14,18H,4,8-10,15H2,(H,22,23,24,25,26)/t18-/m0/s1. The highest BCUT2D eigenvalue weighted by Crippen LogP contribution is 2.31. The van der Waals surface area contributed by atoms with Gasteiger partial charge in [0.15, 0.2) is 0 Å². The Bertz CT molecular complexity index is 918. The molecule has 28 heavy (non-hydrogen) atoms. The number of nitrogens with one attached hydrogen (secondary N) is 1. The summed E-state index contributed by atoms with van der Waals surface area (Å²) in [6.45, 7) is 0.771. The third kappa shape index (κ3) is 4.31. The Morgan fingerprint density at radius 1 is 1.00 bits per heavy atom. The topological polar surface area (TPSA) is 83.9 Å². The monoisotopic (exact) mass is 374 g/mol. The molecule has 2 aromatic heterocycles. The lowest BCUT2D eigenvalue weighted by Crippen LogP contribution is -2.31. The average molecular weight is 374 g/mol. The first-order chi connectivity index (χ1) is 13.8. The molecule has 1 aliphatic rings. The zero-order valence-electron chi connectivity index (χ0n) is 15.5. The Morgan fingerprint density at radius 2 is 1.79 bits per heavy atom. The Kier molecular flexibility index (Phi) is 5.51. The van der Waals surface area contributed by atoms with Crippen molar-refractivity contribution in [2.75, 3.05) is 11.9 Å². The maximum absolute atomic E-state index is 12.8. The molecule has 1 aromatic carbocycles. The number of carbonyl (C=O) groups is 1. The van der Waals surface area contributed by atoms with E-state index in [0.29, 0.717) is 18.3 Å². The molecule has 1 amide bonds. The molecule has 3 heterocycles. The quantitative estimate of drug-likeness (QED) is 0.713. The summed E-state index contributed by atoms with van der Waals surface area (Å²) >= 11 is 0. The Labute approximate surface area is 163 Å². The van der Waals surface area contributed by atoms with Crippen LogP contribution in [0.1, 0.15) is 36.6 Å². The normalized spacial score (nSPS) is 16.1. The van der Waals surface area contributed by atoms with Crippen LogP contribution in [0.2, 0.25) is 0 Å². The van der Waals surface area contributed by atoms with E-state index in [2.05, 4.69) is 37.4 Å². The minimum absolute atomic E-state index is 0.0106. The fourth-order valence-electron chi connectivity index (χ4n) is 3.49.